The molecule has 2 heteroatoms. The number of hydrogen-bond acceptors (Lipinski definition) is 2. The highest BCUT2D eigenvalue weighted by molar-refractivity contribution is 5.86. The lowest BCUT2D eigenvalue weighted by Gasteiger charge is -2.10. The Kier molecular flexibility index (Phi) is 22.3. The summed E-state index contributed by atoms with van der Waals surface area (Å²) < 4.78 is 5.11. The summed E-state index contributed by atoms with van der Waals surface area (Å²) in [6.45, 7) is 10.6. The molecule has 0 aromatic rings. The van der Waals surface area contributed by atoms with E-state index < -0.39 is 0 Å². The van der Waals surface area contributed by atoms with Crippen LogP contribution in [-0.2, 0) is 9.53 Å². The molecule has 0 spiro atoms. The van der Waals surface area contributed by atoms with Crippen LogP contribution in [0.25, 0.3) is 0 Å². The van der Waals surface area contributed by atoms with Crippen LogP contribution in [0.15, 0.2) is 12.2 Å². The minimum Gasteiger partial charge on any atom is -0.462 e. The van der Waals surface area contributed by atoms with Crippen molar-refractivity contribution in [2.45, 2.75) is 149 Å². The average Bonchev–Trinajstić information content (AvgIpc) is 2.73. The lowest BCUT2D eigenvalue weighted by Crippen LogP contribution is -2.05. The Bertz CT molecular complexity index is 388. The molecule has 0 aromatic carbocycles. The zero-order valence-corrected chi connectivity index (χ0v) is 21.0. The van der Waals surface area contributed by atoms with Crippen LogP contribution < -0.4 is 0 Å². The number of carbonyl (C=O) groups excluding carboxylic acids is 1. The van der Waals surface area contributed by atoms with Gasteiger partial charge in [0.05, 0.1) is 6.61 Å². The van der Waals surface area contributed by atoms with E-state index in [1.165, 1.54) is 122 Å². The maximum absolute atomic E-state index is 11.2. The molecule has 0 heterocycles. The Morgan fingerprint density at radius 1 is 0.667 bits per heavy atom. The third-order valence-electron chi connectivity index (χ3n) is 6.22. The van der Waals surface area contributed by atoms with E-state index in [4.69, 9.17) is 4.74 Å². The third kappa shape index (κ3) is 21.9. The van der Waals surface area contributed by atoms with Gasteiger partial charge >= 0.3 is 5.97 Å². The molecule has 2 nitrogen and oxygen atoms in total. The number of esters is 1. The molecule has 0 amide bonds. The van der Waals surface area contributed by atoms with Crippen LogP contribution in [0.3, 0.4) is 0 Å². The predicted octanol–water partition coefficient (Wildman–Crippen LogP) is 9.56. The first-order valence-corrected chi connectivity index (χ1v) is 13.4. The molecule has 1 atom stereocenters. The lowest BCUT2D eigenvalue weighted by atomic mass is 9.96. The molecule has 178 valence electrons. The molecule has 0 aliphatic carbocycles. The molecule has 1 unspecified atom stereocenters. The normalized spacial score (nSPS) is 12.1. The summed E-state index contributed by atoms with van der Waals surface area (Å²) in [4.78, 5) is 11.2. The van der Waals surface area contributed by atoms with Gasteiger partial charge in [-0.2, -0.15) is 0 Å². The van der Waals surface area contributed by atoms with E-state index >= 15 is 0 Å². The minimum atomic E-state index is -0.252. The van der Waals surface area contributed by atoms with Crippen LogP contribution in [0.1, 0.15) is 149 Å². The molecule has 0 aromatic heterocycles. The van der Waals surface area contributed by atoms with Gasteiger partial charge in [-0.1, -0.05) is 142 Å². The maximum Gasteiger partial charge on any atom is 0.333 e. The van der Waals surface area contributed by atoms with Crippen LogP contribution in [0.5, 0.6) is 0 Å². The summed E-state index contributed by atoms with van der Waals surface area (Å²) in [6, 6.07) is 0. The monoisotopic (exact) mass is 422 g/mol. The largest absolute Gasteiger partial charge is 0.462 e. The van der Waals surface area contributed by atoms with Crippen molar-refractivity contribution in [3.63, 3.8) is 0 Å². The summed E-state index contributed by atoms with van der Waals surface area (Å²) in [5.74, 6) is 0.693. The van der Waals surface area contributed by atoms with E-state index in [1.54, 1.807) is 6.92 Å². The van der Waals surface area contributed by atoms with Gasteiger partial charge in [0.2, 0.25) is 0 Å². The molecule has 0 aliphatic heterocycles. The Hall–Kier alpha value is -0.790. The molecular weight excluding hydrogens is 368 g/mol. The highest BCUT2D eigenvalue weighted by atomic mass is 16.5. The highest BCUT2D eigenvalue weighted by Crippen LogP contribution is 2.18. The molecule has 0 aliphatic rings. The van der Waals surface area contributed by atoms with E-state index in [0.29, 0.717) is 12.2 Å². The second kappa shape index (κ2) is 22.9. The van der Waals surface area contributed by atoms with Crippen LogP contribution in [0.2, 0.25) is 0 Å². The molecule has 0 radical (unpaired) electrons. The highest BCUT2D eigenvalue weighted by Gasteiger charge is 2.03. The summed E-state index contributed by atoms with van der Waals surface area (Å²) >= 11 is 0. The van der Waals surface area contributed by atoms with Crippen molar-refractivity contribution in [3.8, 4) is 0 Å². The fourth-order valence-electron chi connectivity index (χ4n) is 4.07. The number of carbonyl (C=O) groups is 1. The maximum atomic E-state index is 11.2. The van der Waals surface area contributed by atoms with Crippen LogP contribution in [0.4, 0.5) is 0 Å². The van der Waals surface area contributed by atoms with Crippen molar-refractivity contribution in [2.75, 3.05) is 6.61 Å². The third-order valence-corrected chi connectivity index (χ3v) is 6.22. The Morgan fingerprint density at radius 3 is 1.43 bits per heavy atom. The van der Waals surface area contributed by atoms with Gasteiger partial charge in [-0.3, -0.25) is 0 Å². The van der Waals surface area contributed by atoms with E-state index in [2.05, 4.69) is 20.4 Å². The van der Waals surface area contributed by atoms with Crippen LogP contribution >= 0.6 is 0 Å². The van der Waals surface area contributed by atoms with Gasteiger partial charge in [-0.25, -0.2) is 4.79 Å². The molecule has 0 N–H and O–H groups in total. The van der Waals surface area contributed by atoms with Gasteiger partial charge in [0.15, 0.2) is 0 Å². The average molecular weight is 423 g/mol. The van der Waals surface area contributed by atoms with Crippen LogP contribution in [0, 0.1) is 5.92 Å². The van der Waals surface area contributed by atoms with Crippen molar-refractivity contribution < 1.29 is 9.53 Å². The second-order valence-corrected chi connectivity index (χ2v) is 9.61. The summed E-state index contributed by atoms with van der Waals surface area (Å²) in [5, 5.41) is 0. The lowest BCUT2D eigenvalue weighted by molar-refractivity contribution is -0.139. The molecule has 30 heavy (non-hydrogen) atoms. The van der Waals surface area contributed by atoms with E-state index in [9.17, 15) is 4.79 Å². The standard InChI is InChI=1S/C28H54O2/c1-5-6-7-20-23-27(4)24-21-18-16-14-12-10-8-9-11-13-15-17-19-22-25-30-28(29)26(2)3/h27H,2,5-25H2,1,3-4H3. The van der Waals surface area contributed by atoms with Gasteiger partial charge in [-0.15, -0.1) is 0 Å². The minimum absolute atomic E-state index is 0.252. The van der Waals surface area contributed by atoms with Gasteiger partial charge in [-0.05, 0) is 19.3 Å². The van der Waals surface area contributed by atoms with Crippen molar-refractivity contribution >= 4 is 5.97 Å². The van der Waals surface area contributed by atoms with Crippen molar-refractivity contribution in [1.29, 1.82) is 0 Å². The number of ether oxygens (including phenoxy) is 1. The Balaban J connectivity index is 3.14. The number of rotatable bonds is 23. The molecule has 0 bridgehead atoms. The molecule has 0 fully saturated rings. The summed E-state index contributed by atoms with van der Waals surface area (Å²) in [5.41, 5.74) is 0.494. The van der Waals surface area contributed by atoms with Gasteiger partial charge in [0, 0.05) is 5.57 Å². The smallest absolute Gasteiger partial charge is 0.333 e. The van der Waals surface area contributed by atoms with Gasteiger partial charge in [0.1, 0.15) is 0 Å². The molecule has 0 saturated carbocycles. The topological polar surface area (TPSA) is 26.3 Å². The quantitative estimate of drug-likeness (QED) is 0.0930. The molecule has 0 saturated heterocycles. The predicted molar refractivity (Wildman–Crippen MR) is 133 cm³/mol. The first-order valence-electron chi connectivity index (χ1n) is 13.4. The number of unbranched alkanes of at least 4 members (excludes halogenated alkanes) is 16. The fraction of sp³-hybridized carbons (Fsp3) is 0.893. The van der Waals surface area contributed by atoms with Gasteiger partial charge < -0.3 is 4.74 Å². The SMILES string of the molecule is C=C(C)C(=O)OCCCCCCCCCCCCCCCCC(C)CCCCCC. The molecular formula is C28H54O2. The van der Waals surface area contributed by atoms with Crippen LogP contribution in [-0.4, -0.2) is 12.6 Å². The van der Waals surface area contributed by atoms with E-state index in [-0.39, 0.29) is 5.97 Å². The van der Waals surface area contributed by atoms with Crippen molar-refractivity contribution in [3.05, 3.63) is 12.2 Å². The summed E-state index contributed by atoms with van der Waals surface area (Å²) in [6.07, 6.45) is 27.6. The zero-order valence-electron chi connectivity index (χ0n) is 21.0. The zero-order chi connectivity index (χ0) is 22.3. The fourth-order valence-corrected chi connectivity index (χ4v) is 4.07. The van der Waals surface area contributed by atoms with Crippen molar-refractivity contribution in [2.24, 2.45) is 5.92 Å². The first-order chi connectivity index (χ1) is 14.6. The Labute approximate surface area is 189 Å². The first kappa shape index (κ1) is 29.2. The van der Waals surface area contributed by atoms with Gasteiger partial charge in [0.25, 0.3) is 0 Å². The number of hydrogen-bond donors (Lipinski definition) is 0. The summed E-state index contributed by atoms with van der Waals surface area (Å²) in [7, 11) is 0. The Morgan fingerprint density at radius 2 is 1.03 bits per heavy atom. The van der Waals surface area contributed by atoms with E-state index in [0.717, 1.165) is 12.3 Å². The van der Waals surface area contributed by atoms with Crippen molar-refractivity contribution in [1.82, 2.24) is 0 Å². The second-order valence-electron chi connectivity index (χ2n) is 9.61. The molecule has 0 rings (SSSR count). The van der Waals surface area contributed by atoms with E-state index in [1.807, 2.05) is 0 Å².